The van der Waals surface area contributed by atoms with Crippen molar-refractivity contribution in [3.8, 4) is 0 Å². The van der Waals surface area contributed by atoms with Gasteiger partial charge >= 0.3 is 0 Å². The zero-order chi connectivity index (χ0) is 15.2. The van der Waals surface area contributed by atoms with Crippen molar-refractivity contribution in [2.24, 2.45) is 17.8 Å². The van der Waals surface area contributed by atoms with E-state index in [1.807, 2.05) is 18.7 Å². The van der Waals surface area contributed by atoms with Crippen molar-refractivity contribution < 1.29 is 9.53 Å². The molecule has 1 aliphatic heterocycles. The number of carbonyl (C=O) groups excluding carboxylic acids is 1. The van der Waals surface area contributed by atoms with Crippen molar-refractivity contribution in [2.45, 2.75) is 71.8 Å². The van der Waals surface area contributed by atoms with Crippen LogP contribution in [0.5, 0.6) is 0 Å². The molecule has 1 saturated heterocycles. The molecule has 2 aliphatic rings. The number of hydrogen-bond donors (Lipinski definition) is 0. The van der Waals surface area contributed by atoms with Crippen LogP contribution in [0.25, 0.3) is 0 Å². The first-order valence-corrected chi connectivity index (χ1v) is 8.96. The van der Waals surface area contributed by atoms with Gasteiger partial charge in [-0.25, -0.2) is 0 Å². The van der Waals surface area contributed by atoms with Crippen LogP contribution in [-0.4, -0.2) is 36.6 Å². The molecule has 0 N–H and O–H groups in total. The lowest BCUT2D eigenvalue weighted by atomic mass is 9.89. The molecule has 0 radical (unpaired) electrons. The SMILES string of the molecule is CC1CCC(OCCC2CCN(C(=O)C(C)C)CC2)CC1. The minimum absolute atomic E-state index is 0.138. The lowest BCUT2D eigenvalue weighted by molar-refractivity contribution is -0.135. The third kappa shape index (κ3) is 5.28. The molecule has 1 heterocycles. The Morgan fingerprint density at radius 1 is 1.10 bits per heavy atom. The predicted octanol–water partition coefficient (Wildman–Crippen LogP) is 3.87. The van der Waals surface area contributed by atoms with Crippen LogP contribution in [0.1, 0.15) is 65.7 Å². The molecular formula is C18H33NO2. The van der Waals surface area contributed by atoms with Crippen molar-refractivity contribution in [3.05, 3.63) is 0 Å². The Balaban J connectivity index is 1.58. The average Bonchev–Trinajstić information content (AvgIpc) is 2.49. The van der Waals surface area contributed by atoms with Crippen LogP contribution in [0.4, 0.5) is 0 Å². The van der Waals surface area contributed by atoms with E-state index in [1.54, 1.807) is 0 Å². The van der Waals surface area contributed by atoms with Crippen LogP contribution in [-0.2, 0) is 9.53 Å². The number of rotatable bonds is 5. The molecule has 0 aromatic rings. The second-order valence-corrected chi connectivity index (χ2v) is 7.46. The van der Waals surface area contributed by atoms with Gasteiger partial charge in [0.2, 0.25) is 5.91 Å². The van der Waals surface area contributed by atoms with Gasteiger partial charge in [-0.2, -0.15) is 0 Å². The van der Waals surface area contributed by atoms with E-state index in [1.165, 1.54) is 32.1 Å². The third-order valence-corrected chi connectivity index (χ3v) is 5.26. The smallest absolute Gasteiger partial charge is 0.225 e. The number of piperidine rings is 1. The topological polar surface area (TPSA) is 29.5 Å². The first kappa shape index (κ1) is 16.8. The molecule has 1 aliphatic carbocycles. The fourth-order valence-corrected chi connectivity index (χ4v) is 3.60. The first-order chi connectivity index (χ1) is 10.1. The number of nitrogens with zero attached hydrogens (tertiary/aromatic N) is 1. The summed E-state index contributed by atoms with van der Waals surface area (Å²) in [6.07, 6.45) is 9.18. The highest BCUT2D eigenvalue weighted by Gasteiger charge is 2.24. The van der Waals surface area contributed by atoms with Gasteiger partial charge in [-0.15, -0.1) is 0 Å². The highest BCUT2D eigenvalue weighted by Crippen LogP contribution is 2.27. The number of ether oxygens (including phenoxy) is 1. The standard InChI is InChI=1S/C18H33NO2/c1-14(2)18(20)19-11-8-16(9-12-19)10-13-21-17-6-4-15(3)5-7-17/h14-17H,4-13H2,1-3H3. The number of likely N-dealkylation sites (tertiary alicyclic amines) is 1. The van der Waals surface area contributed by atoms with E-state index in [0.29, 0.717) is 12.0 Å². The van der Waals surface area contributed by atoms with E-state index in [0.717, 1.165) is 44.4 Å². The maximum atomic E-state index is 12.0. The van der Waals surface area contributed by atoms with E-state index < -0.39 is 0 Å². The van der Waals surface area contributed by atoms with Gasteiger partial charge in [0.15, 0.2) is 0 Å². The van der Waals surface area contributed by atoms with Crippen LogP contribution in [0, 0.1) is 17.8 Å². The van der Waals surface area contributed by atoms with Gasteiger partial charge in [0.05, 0.1) is 6.10 Å². The Labute approximate surface area is 130 Å². The summed E-state index contributed by atoms with van der Waals surface area (Å²) in [4.78, 5) is 14.0. The molecule has 21 heavy (non-hydrogen) atoms. The van der Waals surface area contributed by atoms with Gasteiger partial charge in [-0.05, 0) is 56.8 Å². The molecule has 0 atom stereocenters. The lowest BCUT2D eigenvalue weighted by Crippen LogP contribution is -2.40. The normalized spacial score (nSPS) is 28.1. The van der Waals surface area contributed by atoms with Crippen LogP contribution >= 0.6 is 0 Å². The first-order valence-electron chi connectivity index (χ1n) is 8.96. The maximum absolute atomic E-state index is 12.0. The molecule has 1 saturated carbocycles. The summed E-state index contributed by atoms with van der Waals surface area (Å²) >= 11 is 0. The molecule has 122 valence electrons. The number of carbonyl (C=O) groups is 1. The van der Waals surface area contributed by atoms with E-state index in [4.69, 9.17) is 4.74 Å². The molecule has 0 unspecified atom stereocenters. The van der Waals surface area contributed by atoms with E-state index in [-0.39, 0.29) is 5.92 Å². The van der Waals surface area contributed by atoms with Crippen molar-refractivity contribution in [3.63, 3.8) is 0 Å². The fourth-order valence-electron chi connectivity index (χ4n) is 3.60. The Bertz CT molecular complexity index is 313. The van der Waals surface area contributed by atoms with E-state index in [9.17, 15) is 4.79 Å². The predicted molar refractivity (Wildman–Crippen MR) is 86.1 cm³/mol. The quantitative estimate of drug-likeness (QED) is 0.770. The summed E-state index contributed by atoms with van der Waals surface area (Å²) in [5.74, 6) is 2.11. The van der Waals surface area contributed by atoms with Crippen molar-refractivity contribution >= 4 is 5.91 Å². The van der Waals surface area contributed by atoms with Gasteiger partial charge in [0.1, 0.15) is 0 Å². The minimum Gasteiger partial charge on any atom is -0.378 e. The van der Waals surface area contributed by atoms with Gasteiger partial charge < -0.3 is 9.64 Å². The molecular weight excluding hydrogens is 262 g/mol. The molecule has 3 nitrogen and oxygen atoms in total. The monoisotopic (exact) mass is 295 g/mol. The molecule has 1 amide bonds. The average molecular weight is 295 g/mol. The summed E-state index contributed by atoms with van der Waals surface area (Å²) in [7, 11) is 0. The second kappa shape index (κ2) is 8.17. The molecule has 2 rings (SSSR count). The highest BCUT2D eigenvalue weighted by atomic mass is 16.5. The Hall–Kier alpha value is -0.570. The Morgan fingerprint density at radius 2 is 1.71 bits per heavy atom. The van der Waals surface area contributed by atoms with Gasteiger partial charge in [0.25, 0.3) is 0 Å². The molecule has 3 heteroatoms. The van der Waals surface area contributed by atoms with Gasteiger partial charge in [-0.3, -0.25) is 4.79 Å². The second-order valence-electron chi connectivity index (χ2n) is 7.46. The van der Waals surface area contributed by atoms with Gasteiger partial charge in [0, 0.05) is 25.6 Å². The zero-order valence-electron chi connectivity index (χ0n) is 14.1. The fraction of sp³-hybridized carbons (Fsp3) is 0.944. The summed E-state index contributed by atoms with van der Waals surface area (Å²) in [5.41, 5.74) is 0. The van der Waals surface area contributed by atoms with Crippen LogP contribution in [0.2, 0.25) is 0 Å². The highest BCUT2D eigenvalue weighted by molar-refractivity contribution is 5.78. The molecule has 0 aromatic carbocycles. The number of hydrogen-bond acceptors (Lipinski definition) is 2. The van der Waals surface area contributed by atoms with Crippen molar-refractivity contribution in [2.75, 3.05) is 19.7 Å². The number of amides is 1. The summed E-state index contributed by atoms with van der Waals surface area (Å²) in [5, 5.41) is 0. The lowest BCUT2D eigenvalue weighted by Gasteiger charge is -2.33. The summed E-state index contributed by atoms with van der Waals surface area (Å²) in [6.45, 7) is 9.15. The van der Waals surface area contributed by atoms with Gasteiger partial charge in [-0.1, -0.05) is 20.8 Å². The largest absolute Gasteiger partial charge is 0.378 e. The third-order valence-electron chi connectivity index (χ3n) is 5.26. The Kier molecular flexibility index (Phi) is 6.53. The maximum Gasteiger partial charge on any atom is 0.225 e. The van der Waals surface area contributed by atoms with Crippen LogP contribution < -0.4 is 0 Å². The van der Waals surface area contributed by atoms with Crippen LogP contribution in [0.15, 0.2) is 0 Å². The van der Waals surface area contributed by atoms with E-state index in [2.05, 4.69) is 6.92 Å². The summed E-state index contributed by atoms with van der Waals surface area (Å²) < 4.78 is 6.07. The van der Waals surface area contributed by atoms with Crippen LogP contribution in [0.3, 0.4) is 0 Å². The summed E-state index contributed by atoms with van der Waals surface area (Å²) in [6, 6.07) is 0. The molecule has 0 spiro atoms. The molecule has 0 aromatic heterocycles. The molecule has 0 bridgehead atoms. The van der Waals surface area contributed by atoms with Crippen molar-refractivity contribution in [1.82, 2.24) is 4.90 Å². The molecule has 2 fully saturated rings. The van der Waals surface area contributed by atoms with Crippen molar-refractivity contribution in [1.29, 1.82) is 0 Å². The Morgan fingerprint density at radius 3 is 2.29 bits per heavy atom. The zero-order valence-corrected chi connectivity index (χ0v) is 14.1. The minimum atomic E-state index is 0.138. The van der Waals surface area contributed by atoms with E-state index >= 15 is 0 Å².